The van der Waals surface area contributed by atoms with Crippen molar-refractivity contribution in [2.75, 3.05) is 13.2 Å². The Kier molecular flexibility index (Phi) is 5.81. The Bertz CT molecular complexity index is 1090. The maximum absolute atomic E-state index is 12.2. The molecule has 0 saturated heterocycles. The lowest BCUT2D eigenvalue weighted by Gasteiger charge is -2.10. The lowest BCUT2D eigenvalue weighted by atomic mass is 10.0. The molecule has 1 aromatic heterocycles. The van der Waals surface area contributed by atoms with Crippen LogP contribution in [-0.2, 0) is 11.2 Å². The minimum Gasteiger partial charge on any atom is -0.489 e. The van der Waals surface area contributed by atoms with Crippen LogP contribution >= 0.6 is 0 Å². The number of benzene rings is 3. The number of carbonyl (C=O) groups is 1. The third kappa shape index (κ3) is 4.79. The Hall–Kier alpha value is -3.66. The molecule has 4 rings (SSSR count). The Morgan fingerprint density at radius 3 is 2.41 bits per heavy atom. The van der Waals surface area contributed by atoms with Gasteiger partial charge in [0.05, 0.1) is 13.0 Å². The van der Waals surface area contributed by atoms with Gasteiger partial charge >= 0.3 is 0 Å². The van der Waals surface area contributed by atoms with Gasteiger partial charge in [-0.05, 0) is 28.8 Å². The molecular weight excluding hydrogens is 360 g/mol. The van der Waals surface area contributed by atoms with Crippen LogP contribution in [0.5, 0.6) is 5.75 Å². The number of aromatic nitrogens is 1. The van der Waals surface area contributed by atoms with Gasteiger partial charge in [0.2, 0.25) is 5.91 Å². The van der Waals surface area contributed by atoms with Crippen LogP contribution < -0.4 is 10.1 Å². The van der Waals surface area contributed by atoms with Gasteiger partial charge in [-0.25, -0.2) is 0 Å². The number of carbonyl (C=O) groups excluding carboxylic acids is 1. The van der Waals surface area contributed by atoms with Gasteiger partial charge < -0.3 is 10.1 Å². The number of nitrogens with zero attached hydrogens (tertiary/aromatic N) is 1. The van der Waals surface area contributed by atoms with Crippen LogP contribution in [0.3, 0.4) is 0 Å². The van der Waals surface area contributed by atoms with Crippen molar-refractivity contribution in [2.45, 2.75) is 6.42 Å². The summed E-state index contributed by atoms with van der Waals surface area (Å²) in [4.78, 5) is 16.6. The minimum atomic E-state index is -0.0166. The molecule has 29 heavy (non-hydrogen) atoms. The maximum atomic E-state index is 12.2. The van der Waals surface area contributed by atoms with Crippen LogP contribution in [0.2, 0.25) is 0 Å². The largest absolute Gasteiger partial charge is 0.489 e. The van der Waals surface area contributed by atoms with E-state index in [0.717, 1.165) is 27.8 Å². The van der Waals surface area contributed by atoms with Crippen LogP contribution in [0.15, 0.2) is 91.1 Å². The summed E-state index contributed by atoms with van der Waals surface area (Å²) in [5, 5.41) is 3.95. The van der Waals surface area contributed by atoms with Gasteiger partial charge in [0.1, 0.15) is 17.9 Å². The zero-order valence-corrected chi connectivity index (χ0v) is 16.0. The van der Waals surface area contributed by atoms with Crippen molar-refractivity contribution in [2.24, 2.45) is 0 Å². The number of rotatable bonds is 7. The summed E-state index contributed by atoms with van der Waals surface area (Å²) in [6, 6.07) is 28.0. The molecule has 4 heteroatoms. The van der Waals surface area contributed by atoms with E-state index in [-0.39, 0.29) is 5.91 Å². The smallest absolute Gasteiger partial charge is 0.224 e. The highest BCUT2D eigenvalue weighted by Gasteiger charge is 2.05. The molecule has 0 fully saturated rings. The molecule has 0 spiro atoms. The summed E-state index contributed by atoms with van der Waals surface area (Å²) >= 11 is 0. The van der Waals surface area contributed by atoms with Crippen LogP contribution in [0.4, 0.5) is 0 Å². The Labute approximate surface area is 170 Å². The first kappa shape index (κ1) is 18.7. The molecule has 0 bridgehead atoms. The Morgan fingerprint density at radius 2 is 1.59 bits per heavy atom. The summed E-state index contributed by atoms with van der Waals surface area (Å²) < 4.78 is 5.81. The van der Waals surface area contributed by atoms with E-state index in [1.165, 1.54) is 5.56 Å². The number of pyridine rings is 1. The second-order valence-corrected chi connectivity index (χ2v) is 6.77. The van der Waals surface area contributed by atoms with E-state index in [0.29, 0.717) is 19.6 Å². The normalized spacial score (nSPS) is 10.6. The summed E-state index contributed by atoms with van der Waals surface area (Å²) in [6.45, 7) is 0.846. The van der Waals surface area contributed by atoms with Crippen LogP contribution in [-0.4, -0.2) is 24.0 Å². The van der Waals surface area contributed by atoms with E-state index in [4.69, 9.17) is 4.74 Å². The molecule has 1 N–H and O–H groups in total. The van der Waals surface area contributed by atoms with Crippen LogP contribution in [0.1, 0.15) is 5.56 Å². The van der Waals surface area contributed by atoms with Gasteiger partial charge in [-0.3, -0.25) is 9.78 Å². The van der Waals surface area contributed by atoms with Crippen molar-refractivity contribution >= 4 is 16.8 Å². The number of para-hydroxylation sites is 1. The molecule has 0 atom stereocenters. The minimum absolute atomic E-state index is 0.0166. The van der Waals surface area contributed by atoms with Gasteiger partial charge in [0, 0.05) is 11.6 Å². The van der Waals surface area contributed by atoms with E-state index in [2.05, 4.69) is 34.6 Å². The molecule has 4 aromatic rings. The molecule has 0 saturated carbocycles. The lowest BCUT2D eigenvalue weighted by molar-refractivity contribution is -0.120. The number of ether oxygens (including phenoxy) is 1. The molecule has 0 aliphatic heterocycles. The molecule has 1 heterocycles. The maximum Gasteiger partial charge on any atom is 0.224 e. The van der Waals surface area contributed by atoms with Gasteiger partial charge in [0.25, 0.3) is 0 Å². The summed E-state index contributed by atoms with van der Waals surface area (Å²) in [5.74, 6) is 0.714. The van der Waals surface area contributed by atoms with E-state index in [1.54, 1.807) is 6.20 Å². The van der Waals surface area contributed by atoms with Crippen molar-refractivity contribution in [1.29, 1.82) is 0 Å². The molecule has 1 amide bonds. The van der Waals surface area contributed by atoms with Crippen molar-refractivity contribution in [3.63, 3.8) is 0 Å². The van der Waals surface area contributed by atoms with E-state index < -0.39 is 0 Å². The molecule has 4 nitrogen and oxygen atoms in total. The molecular formula is C25H22N2O2. The standard InChI is InChI=1S/C25H22N2O2/c28-24(18-19-11-13-21(14-12-19)20-6-2-1-3-7-20)26-16-17-29-23-10-4-8-22-9-5-15-27-25(22)23/h1-15H,16-18H2,(H,26,28). The van der Waals surface area contributed by atoms with Crippen LogP contribution in [0, 0.1) is 0 Å². The predicted octanol–water partition coefficient (Wildman–Crippen LogP) is 4.64. The van der Waals surface area contributed by atoms with Crippen molar-refractivity contribution < 1.29 is 9.53 Å². The molecule has 144 valence electrons. The third-order valence-corrected chi connectivity index (χ3v) is 4.70. The van der Waals surface area contributed by atoms with Gasteiger partial charge in [0.15, 0.2) is 0 Å². The van der Waals surface area contributed by atoms with Crippen molar-refractivity contribution in [3.8, 4) is 16.9 Å². The first-order valence-electron chi connectivity index (χ1n) is 9.67. The number of hydrogen-bond acceptors (Lipinski definition) is 3. The van der Waals surface area contributed by atoms with Crippen molar-refractivity contribution in [3.05, 3.63) is 96.7 Å². The molecule has 0 radical (unpaired) electrons. The number of nitrogens with one attached hydrogen (secondary N) is 1. The number of fused-ring (bicyclic) bond motifs is 1. The zero-order chi connectivity index (χ0) is 19.9. The fourth-order valence-corrected chi connectivity index (χ4v) is 3.24. The van der Waals surface area contributed by atoms with Gasteiger partial charge in [-0.1, -0.05) is 72.8 Å². The second kappa shape index (κ2) is 9.02. The summed E-state index contributed by atoms with van der Waals surface area (Å²) in [5.41, 5.74) is 4.14. The predicted molar refractivity (Wildman–Crippen MR) is 116 cm³/mol. The highest BCUT2D eigenvalue weighted by atomic mass is 16.5. The highest BCUT2D eigenvalue weighted by Crippen LogP contribution is 2.22. The lowest BCUT2D eigenvalue weighted by Crippen LogP contribution is -2.29. The van der Waals surface area contributed by atoms with E-state index in [1.807, 2.05) is 60.7 Å². The Morgan fingerprint density at radius 1 is 0.828 bits per heavy atom. The topological polar surface area (TPSA) is 51.2 Å². The summed E-state index contributed by atoms with van der Waals surface area (Å²) in [6.07, 6.45) is 2.10. The molecule has 0 aliphatic rings. The molecule has 0 unspecified atom stereocenters. The monoisotopic (exact) mass is 382 g/mol. The first-order valence-corrected chi connectivity index (χ1v) is 9.67. The number of hydrogen-bond donors (Lipinski definition) is 1. The zero-order valence-electron chi connectivity index (χ0n) is 16.0. The molecule has 0 aliphatic carbocycles. The van der Waals surface area contributed by atoms with Gasteiger partial charge in [-0.15, -0.1) is 0 Å². The van der Waals surface area contributed by atoms with Crippen LogP contribution in [0.25, 0.3) is 22.0 Å². The SMILES string of the molecule is O=C(Cc1ccc(-c2ccccc2)cc1)NCCOc1cccc2cccnc12. The average molecular weight is 382 g/mol. The third-order valence-electron chi connectivity index (χ3n) is 4.70. The highest BCUT2D eigenvalue weighted by molar-refractivity contribution is 5.84. The van der Waals surface area contributed by atoms with E-state index >= 15 is 0 Å². The first-order chi connectivity index (χ1) is 14.3. The second-order valence-electron chi connectivity index (χ2n) is 6.77. The van der Waals surface area contributed by atoms with Crippen molar-refractivity contribution in [1.82, 2.24) is 10.3 Å². The Balaban J connectivity index is 1.26. The fraction of sp³-hybridized carbons (Fsp3) is 0.120. The summed E-state index contributed by atoms with van der Waals surface area (Å²) in [7, 11) is 0. The molecule has 3 aromatic carbocycles. The van der Waals surface area contributed by atoms with E-state index in [9.17, 15) is 4.79 Å². The van der Waals surface area contributed by atoms with Gasteiger partial charge in [-0.2, -0.15) is 0 Å². The average Bonchev–Trinajstić information content (AvgIpc) is 2.78. The number of amides is 1. The fourth-order valence-electron chi connectivity index (χ4n) is 3.24. The quantitative estimate of drug-likeness (QED) is 0.474.